The molecule has 160 valence electrons. The molecule has 6 nitrogen and oxygen atoms in total. The Hall–Kier alpha value is -2.07. The number of benzene rings is 2. The molecule has 2 N–H and O–H groups in total. The van der Waals surface area contributed by atoms with Crippen LogP contribution in [0.3, 0.4) is 0 Å². The number of ether oxygens (including phenoxy) is 3. The van der Waals surface area contributed by atoms with E-state index in [9.17, 15) is 4.39 Å². The first-order valence-corrected chi connectivity index (χ1v) is 8.99. The summed E-state index contributed by atoms with van der Waals surface area (Å²) in [5.74, 6) is 1.85. The van der Waals surface area contributed by atoms with Crippen LogP contribution in [0.15, 0.2) is 47.5 Å². The molecule has 0 bridgehead atoms. The van der Waals surface area contributed by atoms with E-state index in [1.165, 1.54) is 12.1 Å². The van der Waals surface area contributed by atoms with E-state index in [0.29, 0.717) is 12.5 Å². The average molecular weight is 517 g/mol. The van der Waals surface area contributed by atoms with E-state index < -0.39 is 0 Å². The van der Waals surface area contributed by atoms with Crippen LogP contribution in [0, 0.1) is 5.82 Å². The van der Waals surface area contributed by atoms with Crippen LogP contribution in [0.1, 0.15) is 30.2 Å². The van der Waals surface area contributed by atoms with Crippen LogP contribution < -0.4 is 20.1 Å². The van der Waals surface area contributed by atoms with Gasteiger partial charge in [0, 0.05) is 26.3 Å². The fourth-order valence-corrected chi connectivity index (χ4v) is 2.86. The zero-order valence-corrected chi connectivity index (χ0v) is 19.7. The van der Waals surface area contributed by atoms with Crippen molar-refractivity contribution in [3.05, 3.63) is 59.4 Å². The van der Waals surface area contributed by atoms with Gasteiger partial charge in [0.2, 0.25) is 0 Å². The molecule has 29 heavy (non-hydrogen) atoms. The van der Waals surface area contributed by atoms with Crippen LogP contribution in [0.5, 0.6) is 11.5 Å². The van der Waals surface area contributed by atoms with Crippen molar-refractivity contribution in [2.24, 2.45) is 4.99 Å². The highest BCUT2D eigenvalue weighted by Crippen LogP contribution is 2.29. The molecular weight excluding hydrogens is 488 g/mol. The largest absolute Gasteiger partial charge is 0.497 e. The van der Waals surface area contributed by atoms with Gasteiger partial charge in [0.15, 0.2) is 5.96 Å². The van der Waals surface area contributed by atoms with Crippen molar-refractivity contribution in [2.75, 3.05) is 34.9 Å². The molecule has 0 saturated carbocycles. The molecule has 0 spiro atoms. The molecule has 8 heteroatoms. The summed E-state index contributed by atoms with van der Waals surface area (Å²) in [5, 5.41) is 6.59. The molecule has 0 aliphatic carbocycles. The number of halogens is 2. The summed E-state index contributed by atoms with van der Waals surface area (Å²) in [4.78, 5) is 4.27. The fourth-order valence-electron chi connectivity index (χ4n) is 2.86. The van der Waals surface area contributed by atoms with Crippen molar-refractivity contribution in [1.29, 1.82) is 0 Å². The molecule has 0 aliphatic heterocycles. The van der Waals surface area contributed by atoms with Crippen molar-refractivity contribution in [3.63, 3.8) is 0 Å². The highest BCUT2D eigenvalue weighted by atomic mass is 127. The molecule has 0 saturated heterocycles. The summed E-state index contributed by atoms with van der Waals surface area (Å²) in [7, 11) is 6.59. The molecular formula is C21H29FIN3O3. The van der Waals surface area contributed by atoms with Crippen molar-refractivity contribution >= 4 is 29.9 Å². The minimum Gasteiger partial charge on any atom is -0.497 e. The maximum atomic E-state index is 13.1. The van der Waals surface area contributed by atoms with Crippen LogP contribution in [-0.2, 0) is 4.74 Å². The zero-order chi connectivity index (χ0) is 20.5. The summed E-state index contributed by atoms with van der Waals surface area (Å²) >= 11 is 0. The lowest BCUT2D eigenvalue weighted by atomic mass is 10.1. The number of methoxy groups -OCH3 is 3. The second kappa shape index (κ2) is 12.5. The molecule has 0 aliphatic rings. The van der Waals surface area contributed by atoms with Gasteiger partial charge in [-0.3, -0.25) is 4.99 Å². The number of hydrogen-bond acceptors (Lipinski definition) is 4. The van der Waals surface area contributed by atoms with Gasteiger partial charge in [-0.05, 0) is 42.8 Å². The summed E-state index contributed by atoms with van der Waals surface area (Å²) in [5.41, 5.74) is 1.83. The van der Waals surface area contributed by atoms with Gasteiger partial charge in [-0.25, -0.2) is 4.39 Å². The summed E-state index contributed by atoms with van der Waals surface area (Å²) in [6, 6.07) is 11.8. The Labute approximate surface area is 188 Å². The van der Waals surface area contributed by atoms with Crippen molar-refractivity contribution in [1.82, 2.24) is 10.6 Å². The Kier molecular flexibility index (Phi) is 10.7. The van der Waals surface area contributed by atoms with Crippen molar-refractivity contribution in [2.45, 2.75) is 19.1 Å². The summed E-state index contributed by atoms with van der Waals surface area (Å²) in [6.07, 6.45) is -0.235. The van der Waals surface area contributed by atoms with Crippen LogP contribution in [0.2, 0.25) is 0 Å². The lowest BCUT2D eigenvalue weighted by Gasteiger charge is -2.23. The van der Waals surface area contributed by atoms with Gasteiger partial charge in [-0.15, -0.1) is 24.0 Å². The maximum Gasteiger partial charge on any atom is 0.191 e. The number of aliphatic imine (C=N–C) groups is 1. The lowest BCUT2D eigenvalue weighted by Crippen LogP contribution is -2.40. The Morgan fingerprint density at radius 3 is 2.31 bits per heavy atom. The normalized spacial score (nSPS) is 13.1. The molecule has 0 aromatic heterocycles. The molecule has 2 aromatic rings. The van der Waals surface area contributed by atoms with Crippen LogP contribution in [0.25, 0.3) is 0 Å². The minimum atomic E-state index is -0.273. The topological polar surface area (TPSA) is 64.1 Å². The second-order valence-corrected chi connectivity index (χ2v) is 6.20. The van der Waals surface area contributed by atoms with Gasteiger partial charge in [0.25, 0.3) is 0 Å². The van der Waals surface area contributed by atoms with E-state index >= 15 is 0 Å². The third-order valence-corrected chi connectivity index (χ3v) is 4.46. The first-order chi connectivity index (χ1) is 13.5. The fraction of sp³-hybridized carbons (Fsp3) is 0.381. The highest BCUT2D eigenvalue weighted by Gasteiger charge is 2.16. The molecule has 0 heterocycles. The smallest absolute Gasteiger partial charge is 0.191 e. The number of nitrogens with one attached hydrogen (secondary N) is 2. The molecule has 2 rings (SSSR count). The van der Waals surface area contributed by atoms with Gasteiger partial charge >= 0.3 is 0 Å². The van der Waals surface area contributed by atoms with Gasteiger partial charge < -0.3 is 24.8 Å². The lowest BCUT2D eigenvalue weighted by molar-refractivity contribution is 0.106. The van der Waals surface area contributed by atoms with Crippen LogP contribution >= 0.6 is 24.0 Å². The van der Waals surface area contributed by atoms with Crippen LogP contribution in [0.4, 0.5) is 4.39 Å². The van der Waals surface area contributed by atoms with E-state index in [1.807, 2.05) is 25.1 Å². The summed E-state index contributed by atoms with van der Waals surface area (Å²) < 4.78 is 29.4. The highest BCUT2D eigenvalue weighted by molar-refractivity contribution is 14.0. The first kappa shape index (κ1) is 25.0. The van der Waals surface area contributed by atoms with E-state index in [4.69, 9.17) is 14.2 Å². The summed E-state index contributed by atoms with van der Waals surface area (Å²) in [6.45, 7) is 2.49. The van der Waals surface area contributed by atoms with Crippen LogP contribution in [-0.4, -0.2) is 40.9 Å². The molecule has 2 atom stereocenters. The predicted octanol–water partition coefficient (Wildman–Crippen LogP) is 4.07. The second-order valence-electron chi connectivity index (χ2n) is 6.20. The van der Waals surface area contributed by atoms with Gasteiger partial charge in [0.05, 0.1) is 26.4 Å². The molecule has 0 radical (unpaired) electrons. The third kappa shape index (κ3) is 7.04. The Morgan fingerprint density at radius 2 is 1.76 bits per heavy atom. The number of guanidine groups is 1. The SMILES string of the molecule is CN=C(NCC(OC)c1ccc(F)cc1)NC(C)c1cc(OC)ccc1OC.I. The number of rotatable bonds is 8. The van der Waals surface area contributed by atoms with E-state index in [0.717, 1.165) is 22.6 Å². The average Bonchev–Trinajstić information content (AvgIpc) is 2.73. The first-order valence-electron chi connectivity index (χ1n) is 8.99. The van der Waals surface area contributed by atoms with E-state index in [-0.39, 0.29) is 41.9 Å². The third-order valence-electron chi connectivity index (χ3n) is 4.46. The van der Waals surface area contributed by atoms with Crippen molar-refractivity contribution in [3.8, 4) is 11.5 Å². The quantitative estimate of drug-likeness (QED) is 0.314. The maximum absolute atomic E-state index is 13.1. The molecule has 0 amide bonds. The van der Waals surface area contributed by atoms with E-state index in [2.05, 4.69) is 15.6 Å². The molecule has 2 aromatic carbocycles. The molecule has 0 fully saturated rings. The Morgan fingerprint density at radius 1 is 1.07 bits per heavy atom. The zero-order valence-electron chi connectivity index (χ0n) is 17.4. The number of hydrogen-bond donors (Lipinski definition) is 2. The van der Waals surface area contributed by atoms with E-state index in [1.54, 1.807) is 40.5 Å². The van der Waals surface area contributed by atoms with Gasteiger partial charge in [0.1, 0.15) is 17.3 Å². The monoisotopic (exact) mass is 517 g/mol. The Bertz CT molecular complexity index is 787. The van der Waals surface area contributed by atoms with Gasteiger partial charge in [-0.2, -0.15) is 0 Å². The van der Waals surface area contributed by atoms with Crippen molar-refractivity contribution < 1.29 is 18.6 Å². The number of nitrogens with zero attached hydrogens (tertiary/aromatic N) is 1. The van der Waals surface area contributed by atoms with Gasteiger partial charge in [-0.1, -0.05) is 12.1 Å². The predicted molar refractivity (Wildman–Crippen MR) is 124 cm³/mol. The molecule has 2 unspecified atom stereocenters. The standard InChI is InChI=1S/C21H28FN3O3.HI/c1-14(18-12-17(26-3)10-11-19(18)27-4)25-21(23-2)24-13-20(28-5)15-6-8-16(22)9-7-15;/h6-12,14,20H,13H2,1-5H3,(H2,23,24,25);1H. The Balaban J connectivity index is 0.00000420. The minimum absolute atomic E-state index is 0.